The lowest BCUT2D eigenvalue weighted by Crippen LogP contribution is -2.47. The summed E-state index contributed by atoms with van der Waals surface area (Å²) < 4.78 is 0.716. The van der Waals surface area contributed by atoms with Gasteiger partial charge in [0.15, 0.2) is 0 Å². The van der Waals surface area contributed by atoms with Gasteiger partial charge in [-0.25, -0.2) is 0 Å². The van der Waals surface area contributed by atoms with E-state index in [-0.39, 0.29) is 12.6 Å². The van der Waals surface area contributed by atoms with Crippen LogP contribution >= 0.6 is 0 Å². The Kier molecular flexibility index (Phi) is 5.32. The fourth-order valence-corrected chi connectivity index (χ4v) is 2.95. The molecule has 0 saturated carbocycles. The van der Waals surface area contributed by atoms with Gasteiger partial charge in [-0.1, -0.05) is 67.2 Å². The zero-order chi connectivity index (χ0) is 15.1. The van der Waals surface area contributed by atoms with E-state index in [9.17, 15) is 5.11 Å². The van der Waals surface area contributed by atoms with Crippen LogP contribution in [0.2, 0.25) is 0 Å². The molecule has 2 rings (SSSR count). The molecule has 2 atom stereocenters. The molecule has 0 bridgehead atoms. The van der Waals surface area contributed by atoms with Gasteiger partial charge >= 0.3 is 0 Å². The fraction of sp³-hybridized carbons (Fsp3) is 0.263. The van der Waals surface area contributed by atoms with Crippen LogP contribution in [0.5, 0.6) is 0 Å². The van der Waals surface area contributed by atoms with Crippen molar-refractivity contribution in [1.82, 2.24) is 0 Å². The summed E-state index contributed by atoms with van der Waals surface area (Å²) in [4.78, 5) is 0. The third-order valence-electron chi connectivity index (χ3n) is 4.03. The molecule has 0 spiro atoms. The Morgan fingerprint density at radius 2 is 1.62 bits per heavy atom. The predicted molar refractivity (Wildman–Crippen MR) is 87.7 cm³/mol. The molecule has 0 amide bonds. The maximum absolute atomic E-state index is 9.52. The Bertz CT molecular complexity index is 552. The van der Waals surface area contributed by atoms with Gasteiger partial charge in [-0.2, -0.15) is 0 Å². The van der Waals surface area contributed by atoms with Crippen molar-refractivity contribution in [3.05, 3.63) is 84.4 Å². The van der Waals surface area contributed by atoms with Crippen molar-refractivity contribution in [3.63, 3.8) is 0 Å². The van der Waals surface area contributed by atoms with Gasteiger partial charge in [0, 0.05) is 11.1 Å². The van der Waals surface area contributed by atoms with Crippen molar-refractivity contribution in [2.24, 2.45) is 0 Å². The molecule has 0 radical (unpaired) electrons. The molecule has 2 heteroatoms. The Morgan fingerprint density at radius 1 is 1.05 bits per heavy atom. The number of rotatable bonds is 7. The second kappa shape index (κ2) is 7.21. The average molecular weight is 282 g/mol. The van der Waals surface area contributed by atoms with Crippen LogP contribution in [0.3, 0.4) is 0 Å². The lowest BCUT2D eigenvalue weighted by molar-refractivity contribution is -0.945. The number of hydrogen-bond acceptors (Lipinski definition) is 1. The number of likely N-dealkylation sites (N-methyl/N-ethyl adjacent to an activating group) is 1. The molecule has 0 aliphatic rings. The van der Waals surface area contributed by atoms with Crippen LogP contribution in [0.1, 0.15) is 17.2 Å². The van der Waals surface area contributed by atoms with Crippen LogP contribution in [0.25, 0.3) is 0 Å². The van der Waals surface area contributed by atoms with E-state index >= 15 is 0 Å². The summed E-state index contributed by atoms with van der Waals surface area (Å²) in [5.74, 6) is 0. The topological polar surface area (TPSA) is 20.2 Å². The summed E-state index contributed by atoms with van der Waals surface area (Å²) in [6.07, 6.45) is 1.99. The Balaban J connectivity index is 2.33. The molecule has 2 aromatic rings. The van der Waals surface area contributed by atoms with E-state index in [0.717, 1.165) is 6.54 Å². The number of aliphatic hydroxyl groups is 1. The number of benzene rings is 2. The van der Waals surface area contributed by atoms with E-state index in [1.54, 1.807) is 0 Å². The minimum Gasteiger partial charge on any atom is -0.391 e. The first-order valence-electron chi connectivity index (χ1n) is 7.36. The molecular weight excluding hydrogens is 258 g/mol. The van der Waals surface area contributed by atoms with Gasteiger partial charge in [0.25, 0.3) is 0 Å². The highest BCUT2D eigenvalue weighted by Gasteiger charge is 2.31. The third-order valence-corrected chi connectivity index (χ3v) is 4.03. The van der Waals surface area contributed by atoms with Gasteiger partial charge in [0.05, 0.1) is 13.7 Å². The molecule has 0 fully saturated rings. The molecule has 0 heterocycles. The molecule has 2 unspecified atom stereocenters. The van der Waals surface area contributed by atoms with Crippen molar-refractivity contribution >= 4 is 0 Å². The highest BCUT2D eigenvalue weighted by atomic mass is 16.3. The first-order valence-corrected chi connectivity index (χ1v) is 7.36. The molecule has 0 aromatic heterocycles. The first-order chi connectivity index (χ1) is 10.2. The summed E-state index contributed by atoms with van der Waals surface area (Å²) in [5.41, 5.74) is 2.51. The minimum atomic E-state index is 0.165. The van der Waals surface area contributed by atoms with E-state index in [0.29, 0.717) is 11.0 Å². The van der Waals surface area contributed by atoms with Gasteiger partial charge in [-0.05, 0) is 6.08 Å². The van der Waals surface area contributed by atoms with Crippen LogP contribution in [-0.2, 0) is 6.54 Å². The lowest BCUT2D eigenvalue weighted by Gasteiger charge is -2.40. The van der Waals surface area contributed by atoms with Crippen LogP contribution in [-0.4, -0.2) is 29.8 Å². The second-order valence-corrected chi connectivity index (χ2v) is 5.66. The number of quaternary nitrogens is 1. The molecular formula is C19H24NO+. The van der Waals surface area contributed by atoms with E-state index in [4.69, 9.17) is 0 Å². The molecule has 21 heavy (non-hydrogen) atoms. The van der Waals surface area contributed by atoms with Crippen molar-refractivity contribution in [3.8, 4) is 0 Å². The Labute approximate surface area is 127 Å². The molecule has 0 saturated heterocycles. The van der Waals surface area contributed by atoms with Crippen molar-refractivity contribution < 1.29 is 9.59 Å². The van der Waals surface area contributed by atoms with Crippen LogP contribution in [0.15, 0.2) is 73.3 Å². The molecule has 1 N–H and O–H groups in total. The zero-order valence-corrected chi connectivity index (χ0v) is 12.7. The number of hydrogen-bond donors (Lipinski definition) is 1. The van der Waals surface area contributed by atoms with Crippen LogP contribution in [0.4, 0.5) is 0 Å². The highest BCUT2D eigenvalue weighted by Crippen LogP contribution is 2.30. The third kappa shape index (κ3) is 3.81. The van der Waals surface area contributed by atoms with Crippen molar-refractivity contribution in [1.29, 1.82) is 0 Å². The van der Waals surface area contributed by atoms with Gasteiger partial charge in [-0.15, -0.1) is 0 Å². The molecule has 0 aliphatic carbocycles. The van der Waals surface area contributed by atoms with E-state index in [1.807, 2.05) is 18.2 Å². The standard InChI is InChI=1S/C19H24NO/c1-3-19(18-12-8-5-9-13-18)20(2,14-15-21)16-17-10-6-4-7-11-17/h3-13,19,21H,1,14-16H2,2H3/q+1. The molecule has 110 valence electrons. The first kappa shape index (κ1) is 15.5. The summed E-state index contributed by atoms with van der Waals surface area (Å²) in [6, 6.07) is 21.0. The lowest BCUT2D eigenvalue weighted by atomic mass is 10.0. The van der Waals surface area contributed by atoms with Crippen LogP contribution < -0.4 is 0 Å². The summed E-state index contributed by atoms with van der Waals surface area (Å²) >= 11 is 0. The van der Waals surface area contributed by atoms with E-state index < -0.39 is 0 Å². The fourth-order valence-electron chi connectivity index (χ4n) is 2.95. The maximum atomic E-state index is 9.52. The van der Waals surface area contributed by atoms with Crippen LogP contribution in [0, 0.1) is 0 Å². The molecule has 2 aromatic carbocycles. The Morgan fingerprint density at radius 3 is 2.14 bits per heavy atom. The second-order valence-electron chi connectivity index (χ2n) is 5.66. The van der Waals surface area contributed by atoms with Crippen molar-refractivity contribution in [2.75, 3.05) is 20.2 Å². The Hall–Kier alpha value is -1.90. The van der Waals surface area contributed by atoms with Crippen molar-refractivity contribution in [2.45, 2.75) is 12.6 Å². The van der Waals surface area contributed by atoms with Gasteiger partial charge < -0.3 is 9.59 Å². The van der Waals surface area contributed by atoms with Gasteiger partial charge in [0.2, 0.25) is 0 Å². The largest absolute Gasteiger partial charge is 0.391 e. The summed E-state index contributed by atoms with van der Waals surface area (Å²) in [6.45, 7) is 5.76. The monoisotopic (exact) mass is 282 g/mol. The number of nitrogens with zero attached hydrogens (tertiary/aromatic N) is 1. The normalized spacial score (nSPS) is 15.1. The molecule has 0 aliphatic heterocycles. The SMILES string of the molecule is C=CC(c1ccccc1)[N+](C)(CCO)Cc1ccccc1. The van der Waals surface area contributed by atoms with Gasteiger partial charge in [0.1, 0.15) is 19.1 Å². The predicted octanol–water partition coefficient (Wildman–Crippen LogP) is 3.55. The quantitative estimate of drug-likeness (QED) is 0.608. The zero-order valence-electron chi connectivity index (χ0n) is 12.7. The van der Waals surface area contributed by atoms with E-state index in [2.05, 4.69) is 62.2 Å². The maximum Gasteiger partial charge on any atom is 0.133 e. The van der Waals surface area contributed by atoms with E-state index in [1.165, 1.54) is 11.1 Å². The summed E-state index contributed by atoms with van der Waals surface area (Å²) in [7, 11) is 2.18. The number of aliphatic hydroxyl groups excluding tert-OH is 1. The molecule has 2 nitrogen and oxygen atoms in total. The minimum absolute atomic E-state index is 0.165. The highest BCUT2D eigenvalue weighted by molar-refractivity contribution is 5.21. The average Bonchev–Trinajstić information content (AvgIpc) is 2.50. The smallest absolute Gasteiger partial charge is 0.133 e. The van der Waals surface area contributed by atoms with Gasteiger partial charge in [-0.3, -0.25) is 0 Å². The summed E-state index contributed by atoms with van der Waals surface area (Å²) in [5, 5.41) is 9.52.